The van der Waals surface area contributed by atoms with Gasteiger partial charge in [0.15, 0.2) is 0 Å². The molecule has 1 aliphatic heterocycles. The van der Waals surface area contributed by atoms with Crippen LogP contribution in [0.3, 0.4) is 0 Å². The predicted molar refractivity (Wildman–Crippen MR) is 100 cm³/mol. The van der Waals surface area contributed by atoms with Crippen LogP contribution in [0.2, 0.25) is 0 Å². The van der Waals surface area contributed by atoms with Crippen LogP contribution in [-0.2, 0) is 26.5 Å². The second-order valence-corrected chi connectivity index (χ2v) is 9.67. The minimum Gasteiger partial charge on any atom is -0.355 e. The molecule has 0 aliphatic carbocycles. The van der Waals surface area contributed by atoms with E-state index in [4.69, 9.17) is 5.14 Å². The van der Waals surface area contributed by atoms with E-state index in [1.165, 1.54) is 53.8 Å². The van der Waals surface area contributed by atoms with E-state index in [9.17, 15) is 21.6 Å². The minimum absolute atomic E-state index is 0.0466. The molecule has 1 heterocycles. The van der Waals surface area contributed by atoms with Gasteiger partial charge in [-0.3, -0.25) is 9.10 Å². The third kappa shape index (κ3) is 3.43. The Balaban J connectivity index is 2.03. The lowest BCUT2D eigenvalue weighted by Gasteiger charge is -2.24. The van der Waals surface area contributed by atoms with Gasteiger partial charge in [0.1, 0.15) is 0 Å². The number of sulfonamides is 2. The highest BCUT2D eigenvalue weighted by molar-refractivity contribution is 7.93. The fraction of sp³-hybridized carbons (Fsp3) is 0.235. The monoisotopic (exact) mass is 409 g/mol. The molecule has 0 bridgehead atoms. The molecule has 3 N–H and O–H groups in total. The summed E-state index contributed by atoms with van der Waals surface area (Å²) in [5.41, 5.74) is 1.37. The van der Waals surface area contributed by atoms with E-state index in [1.807, 2.05) is 0 Å². The number of nitrogens with two attached hydrogens (primary N) is 1. The van der Waals surface area contributed by atoms with Crippen molar-refractivity contribution >= 4 is 31.6 Å². The summed E-state index contributed by atoms with van der Waals surface area (Å²) < 4.78 is 50.6. The van der Waals surface area contributed by atoms with Crippen LogP contribution < -0.4 is 14.8 Å². The molecule has 0 saturated heterocycles. The first-order chi connectivity index (χ1) is 12.6. The van der Waals surface area contributed by atoms with Crippen molar-refractivity contribution < 1.29 is 21.6 Å². The molecule has 1 amide bonds. The molecule has 1 atom stereocenters. The van der Waals surface area contributed by atoms with Crippen molar-refractivity contribution in [2.24, 2.45) is 5.14 Å². The fourth-order valence-corrected chi connectivity index (χ4v) is 5.42. The summed E-state index contributed by atoms with van der Waals surface area (Å²) in [6.07, 6.45) is 0.369. The van der Waals surface area contributed by atoms with Gasteiger partial charge in [-0.2, -0.15) is 0 Å². The highest BCUT2D eigenvalue weighted by Crippen LogP contribution is 2.37. The number of anilines is 1. The molecule has 0 aromatic heterocycles. The highest BCUT2D eigenvalue weighted by Gasteiger charge is 2.36. The maximum Gasteiger partial charge on any atom is 0.264 e. The summed E-state index contributed by atoms with van der Waals surface area (Å²) in [4.78, 5) is 11.6. The van der Waals surface area contributed by atoms with Crippen LogP contribution in [0.25, 0.3) is 0 Å². The number of benzene rings is 2. The molecular weight excluding hydrogens is 390 g/mol. The van der Waals surface area contributed by atoms with Crippen LogP contribution in [0.1, 0.15) is 22.8 Å². The summed E-state index contributed by atoms with van der Waals surface area (Å²) in [6, 6.07) is 9.41. The number of hydrogen-bond acceptors (Lipinski definition) is 5. The van der Waals surface area contributed by atoms with Gasteiger partial charge in [-0.25, -0.2) is 22.0 Å². The van der Waals surface area contributed by atoms with Gasteiger partial charge in [0.05, 0.1) is 15.5 Å². The topological polar surface area (TPSA) is 127 Å². The standard InChI is InChI=1S/C17H19N3O5S2/c1-11-9-13-10-15(26(18,22)23)7-8-16(13)20(11)27(24,25)14-5-3-12(4-6-14)17(21)19-2/h3-8,10-11H,9H2,1-2H3,(H,19,21)(H2,18,22,23). The Labute approximate surface area is 158 Å². The Kier molecular flexibility index (Phi) is 4.74. The molecule has 0 saturated carbocycles. The van der Waals surface area contributed by atoms with Crippen LogP contribution in [0.15, 0.2) is 52.3 Å². The predicted octanol–water partition coefficient (Wildman–Crippen LogP) is 0.834. The average molecular weight is 409 g/mol. The van der Waals surface area contributed by atoms with E-state index in [2.05, 4.69) is 5.32 Å². The first kappa shape index (κ1) is 19.3. The van der Waals surface area contributed by atoms with E-state index >= 15 is 0 Å². The summed E-state index contributed by atoms with van der Waals surface area (Å²) >= 11 is 0. The lowest BCUT2D eigenvalue weighted by molar-refractivity contribution is 0.0963. The molecule has 1 unspecified atom stereocenters. The molecule has 10 heteroatoms. The Morgan fingerprint density at radius 1 is 1.07 bits per heavy atom. The largest absolute Gasteiger partial charge is 0.355 e. The summed E-state index contributed by atoms with van der Waals surface area (Å²) in [7, 11) is -6.25. The summed E-state index contributed by atoms with van der Waals surface area (Å²) in [5, 5.41) is 7.63. The van der Waals surface area contributed by atoms with Crippen molar-refractivity contribution in [2.75, 3.05) is 11.4 Å². The Bertz CT molecular complexity index is 1110. The third-order valence-corrected chi connectivity index (χ3v) is 7.29. The molecule has 0 radical (unpaired) electrons. The van der Waals surface area contributed by atoms with Gasteiger partial charge in [0.25, 0.3) is 15.9 Å². The number of hydrogen-bond donors (Lipinski definition) is 2. The molecule has 27 heavy (non-hydrogen) atoms. The summed E-state index contributed by atoms with van der Waals surface area (Å²) in [5.74, 6) is -0.311. The summed E-state index contributed by atoms with van der Waals surface area (Å²) in [6.45, 7) is 1.74. The maximum absolute atomic E-state index is 13.1. The zero-order valence-electron chi connectivity index (χ0n) is 14.7. The molecule has 8 nitrogen and oxygen atoms in total. The molecule has 2 aromatic carbocycles. The lowest BCUT2D eigenvalue weighted by Crippen LogP contribution is -2.35. The number of nitrogens with one attached hydrogen (secondary N) is 1. The minimum atomic E-state index is -3.88. The van der Waals surface area contributed by atoms with E-state index in [-0.39, 0.29) is 21.7 Å². The normalized spacial score (nSPS) is 16.9. The van der Waals surface area contributed by atoms with Crippen molar-refractivity contribution in [2.45, 2.75) is 29.2 Å². The second-order valence-electron chi connectivity index (χ2n) is 6.29. The van der Waals surface area contributed by atoms with Crippen LogP contribution >= 0.6 is 0 Å². The number of fused-ring (bicyclic) bond motifs is 1. The van der Waals surface area contributed by atoms with Crippen LogP contribution in [0.4, 0.5) is 5.69 Å². The van der Waals surface area contributed by atoms with E-state index in [1.54, 1.807) is 6.92 Å². The SMILES string of the molecule is CNC(=O)c1ccc(S(=O)(=O)N2c3ccc(S(N)(=O)=O)cc3CC2C)cc1. The molecule has 0 spiro atoms. The van der Waals surface area contributed by atoms with E-state index in [0.717, 1.165) is 0 Å². The van der Waals surface area contributed by atoms with Crippen LogP contribution in [0, 0.1) is 0 Å². The van der Waals surface area contributed by atoms with Crippen molar-refractivity contribution in [3.63, 3.8) is 0 Å². The average Bonchev–Trinajstić information content (AvgIpc) is 2.95. The molecule has 0 fully saturated rings. The van der Waals surface area contributed by atoms with Crippen molar-refractivity contribution in [3.05, 3.63) is 53.6 Å². The van der Waals surface area contributed by atoms with E-state index < -0.39 is 20.0 Å². The number of amides is 1. The Hall–Kier alpha value is -2.43. The Morgan fingerprint density at radius 3 is 2.22 bits per heavy atom. The van der Waals surface area contributed by atoms with E-state index in [0.29, 0.717) is 23.2 Å². The smallest absolute Gasteiger partial charge is 0.264 e. The van der Waals surface area contributed by atoms with Crippen molar-refractivity contribution in [3.8, 4) is 0 Å². The molecule has 144 valence electrons. The number of primary sulfonamides is 1. The number of rotatable bonds is 4. The van der Waals surface area contributed by atoms with Gasteiger partial charge in [-0.1, -0.05) is 0 Å². The Morgan fingerprint density at radius 2 is 1.67 bits per heavy atom. The van der Waals surface area contributed by atoms with Crippen molar-refractivity contribution in [1.29, 1.82) is 0 Å². The molecular formula is C17H19N3O5S2. The highest BCUT2D eigenvalue weighted by atomic mass is 32.2. The van der Waals surface area contributed by atoms with Crippen molar-refractivity contribution in [1.82, 2.24) is 5.32 Å². The van der Waals surface area contributed by atoms with Gasteiger partial charge >= 0.3 is 0 Å². The first-order valence-corrected chi connectivity index (χ1v) is 11.1. The van der Waals surface area contributed by atoms with Gasteiger partial charge in [-0.15, -0.1) is 0 Å². The zero-order chi connectivity index (χ0) is 20.0. The zero-order valence-corrected chi connectivity index (χ0v) is 16.3. The van der Waals surface area contributed by atoms with Gasteiger partial charge in [-0.05, 0) is 61.4 Å². The number of nitrogens with zero attached hydrogens (tertiary/aromatic N) is 1. The molecule has 1 aliphatic rings. The quantitative estimate of drug-likeness (QED) is 0.773. The van der Waals surface area contributed by atoms with Gasteiger partial charge < -0.3 is 5.32 Å². The van der Waals surface area contributed by atoms with Gasteiger partial charge in [0.2, 0.25) is 10.0 Å². The van der Waals surface area contributed by atoms with Gasteiger partial charge in [0, 0.05) is 18.7 Å². The lowest BCUT2D eigenvalue weighted by atomic mass is 10.1. The maximum atomic E-state index is 13.1. The number of carbonyl (C=O) groups is 1. The second kappa shape index (κ2) is 6.63. The van der Waals surface area contributed by atoms with Crippen LogP contribution in [-0.4, -0.2) is 35.8 Å². The molecule has 2 aromatic rings. The molecule has 3 rings (SSSR count). The van der Waals surface area contributed by atoms with Crippen LogP contribution in [0.5, 0.6) is 0 Å². The first-order valence-electron chi connectivity index (χ1n) is 8.08. The third-order valence-electron chi connectivity index (χ3n) is 4.43. The number of carbonyl (C=O) groups excluding carboxylic acids is 1. The fourth-order valence-electron chi connectivity index (χ4n) is 3.16.